The molecule has 0 radical (unpaired) electrons. The van der Waals surface area contributed by atoms with Crippen molar-refractivity contribution >= 4 is 27.8 Å². The number of nitrogens with zero attached hydrogens (tertiary/aromatic N) is 2. The molecule has 2 aromatic carbocycles. The molecule has 33 heavy (non-hydrogen) atoms. The minimum absolute atomic E-state index is 0.0541. The van der Waals surface area contributed by atoms with Crippen LogP contribution >= 0.6 is 0 Å². The lowest BCUT2D eigenvalue weighted by Crippen LogP contribution is -2.07. The number of alkyl halides is 3. The fourth-order valence-corrected chi connectivity index (χ4v) is 4.10. The zero-order valence-corrected chi connectivity index (χ0v) is 18.0. The van der Waals surface area contributed by atoms with Gasteiger partial charge in [-0.2, -0.15) is 13.2 Å². The summed E-state index contributed by atoms with van der Waals surface area (Å²) in [6.45, 7) is 2.87. The number of rotatable bonds is 9. The van der Waals surface area contributed by atoms with Gasteiger partial charge >= 0.3 is 12.1 Å². The van der Waals surface area contributed by atoms with E-state index in [9.17, 15) is 18.0 Å². The number of aliphatic carboxylic acids is 1. The van der Waals surface area contributed by atoms with E-state index in [1.54, 1.807) is 0 Å². The lowest BCUT2D eigenvalue weighted by Gasteiger charge is -2.12. The fraction of sp³-hybridized carbons (Fsp3) is 0.333. The van der Waals surface area contributed by atoms with Gasteiger partial charge in [0, 0.05) is 29.2 Å². The molecule has 0 spiro atoms. The summed E-state index contributed by atoms with van der Waals surface area (Å²) in [5.41, 5.74) is 1.35. The average Bonchev–Trinajstić information content (AvgIpc) is 3.34. The van der Waals surface area contributed by atoms with Gasteiger partial charge in [-0.1, -0.05) is 36.7 Å². The number of para-hydroxylation sites is 1. The second-order valence-corrected chi connectivity index (χ2v) is 7.84. The number of ether oxygens (including phenoxy) is 1. The van der Waals surface area contributed by atoms with Crippen LogP contribution in [0.2, 0.25) is 0 Å². The topological polar surface area (TPSA) is 77.5 Å². The van der Waals surface area contributed by atoms with Gasteiger partial charge in [0.25, 0.3) is 0 Å². The number of fused-ring (bicyclic) bond motifs is 2. The number of carboxylic acids is 1. The van der Waals surface area contributed by atoms with E-state index < -0.39 is 17.8 Å². The van der Waals surface area contributed by atoms with E-state index in [4.69, 9.17) is 14.4 Å². The SMILES string of the molecule is CCCc1c(OCCCn2cc(CC(=O)O)c3ccccc32)ccc2c(C(F)(F)F)noc12. The highest BCUT2D eigenvalue weighted by atomic mass is 19.4. The normalized spacial score (nSPS) is 12.0. The minimum atomic E-state index is -4.59. The van der Waals surface area contributed by atoms with Gasteiger partial charge in [-0.25, -0.2) is 0 Å². The molecule has 0 bridgehead atoms. The zero-order valence-electron chi connectivity index (χ0n) is 18.0. The number of halogens is 3. The Labute approximate surface area is 187 Å². The third kappa shape index (κ3) is 4.67. The van der Waals surface area contributed by atoms with Crippen LogP contribution in [0.4, 0.5) is 13.2 Å². The van der Waals surface area contributed by atoms with Crippen molar-refractivity contribution in [2.45, 2.75) is 45.3 Å². The van der Waals surface area contributed by atoms with Crippen LogP contribution < -0.4 is 4.74 Å². The number of aromatic nitrogens is 2. The first-order valence-electron chi connectivity index (χ1n) is 10.7. The summed E-state index contributed by atoms with van der Waals surface area (Å²) in [4.78, 5) is 11.2. The molecule has 0 aliphatic heterocycles. The summed E-state index contributed by atoms with van der Waals surface area (Å²) >= 11 is 0. The van der Waals surface area contributed by atoms with Crippen LogP contribution in [0.3, 0.4) is 0 Å². The third-order valence-electron chi connectivity index (χ3n) is 5.48. The number of carboxylic acid groups (broad SMARTS) is 1. The van der Waals surface area contributed by atoms with Gasteiger partial charge in [-0.3, -0.25) is 4.79 Å². The van der Waals surface area contributed by atoms with Gasteiger partial charge in [0.15, 0.2) is 11.3 Å². The van der Waals surface area contributed by atoms with E-state index in [1.165, 1.54) is 12.1 Å². The second-order valence-electron chi connectivity index (χ2n) is 7.84. The summed E-state index contributed by atoms with van der Waals surface area (Å²) < 4.78 is 52.5. The summed E-state index contributed by atoms with van der Waals surface area (Å²) in [6, 6.07) is 10.5. The predicted molar refractivity (Wildman–Crippen MR) is 116 cm³/mol. The van der Waals surface area contributed by atoms with Crippen molar-refractivity contribution in [2.24, 2.45) is 0 Å². The Kier molecular flexibility index (Phi) is 6.31. The molecule has 0 aliphatic rings. The molecule has 0 aliphatic carbocycles. The highest BCUT2D eigenvalue weighted by molar-refractivity contribution is 5.87. The van der Waals surface area contributed by atoms with Gasteiger partial charge in [-0.05, 0) is 36.6 Å². The van der Waals surface area contributed by atoms with Gasteiger partial charge < -0.3 is 18.9 Å². The van der Waals surface area contributed by atoms with E-state index in [0.29, 0.717) is 43.7 Å². The number of hydrogen-bond donors (Lipinski definition) is 1. The maximum absolute atomic E-state index is 13.2. The molecule has 4 aromatic rings. The lowest BCUT2D eigenvalue weighted by atomic mass is 10.0. The van der Waals surface area contributed by atoms with Crippen LogP contribution in [-0.4, -0.2) is 27.4 Å². The fourth-order valence-electron chi connectivity index (χ4n) is 4.10. The summed E-state index contributed by atoms with van der Waals surface area (Å²) in [5.74, 6) is -0.403. The molecule has 174 valence electrons. The molecule has 0 fully saturated rings. The molecular weight excluding hydrogens is 437 g/mol. The van der Waals surface area contributed by atoms with Crippen LogP contribution in [0.25, 0.3) is 21.9 Å². The predicted octanol–water partition coefficient (Wildman–Crippen LogP) is 5.85. The zero-order chi connectivity index (χ0) is 23.6. The number of benzene rings is 2. The monoisotopic (exact) mass is 460 g/mol. The molecule has 0 saturated heterocycles. The van der Waals surface area contributed by atoms with E-state index in [-0.39, 0.29) is 17.4 Å². The molecule has 4 rings (SSSR count). The van der Waals surface area contributed by atoms with Gasteiger partial charge in [0.2, 0.25) is 0 Å². The van der Waals surface area contributed by atoms with Crippen molar-refractivity contribution in [3.8, 4) is 5.75 Å². The summed E-state index contributed by atoms with van der Waals surface area (Å²) in [5, 5.41) is 13.2. The smallest absolute Gasteiger partial charge is 0.437 e. The van der Waals surface area contributed by atoms with Crippen molar-refractivity contribution in [3.05, 3.63) is 59.4 Å². The first-order chi connectivity index (χ1) is 15.8. The molecule has 6 nitrogen and oxygen atoms in total. The molecule has 0 atom stereocenters. The van der Waals surface area contributed by atoms with Gasteiger partial charge in [0.05, 0.1) is 18.4 Å². The number of aryl methyl sites for hydroxylation is 2. The molecule has 2 heterocycles. The Bertz CT molecular complexity index is 1290. The van der Waals surface area contributed by atoms with E-state index >= 15 is 0 Å². The van der Waals surface area contributed by atoms with Crippen LogP contribution in [0, 0.1) is 0 Å². The van der Waals surface area contributed by atoms with Gasteiger partial charge in [0.1, 0.15) is 5.75 Å². The van der Waals surface area contributed by atoms with Crippen LogP contribution in [-0.2, 0) is 30.4 Å². The molecule has 0 unspecified atom stereocenters. The van der Waals surface area contributed by atoms with Crippen molar-refractivity contribution < 1.29 is 32.3 Å². The molecular formula is C24H23F3N2O4. The third-order valence-corrected chi connectivity index (χ3v) is 5.48. The molecule has 1 N–H and O–H groups in total. The average molecular weight is 460 g/mol. The Morgan fingerprint density at radius 3 is 2.70 bits per heavy atom. The highest BCUT2D eigenvalue weighted by Crippen LogP contribution is 2.38. The van der Waals surface area contributed by atoms with E-state index in [2.05, 4.69) is 5.16 Å². The van der Waals surface area contributed by atoms with E-state index in [0.717, 1.165) is 16.5 Å². The second kappa shape index (κ2) is 9.17. The van der Waals surface area contributed by atoms with E-state index in [1.807, 2.05) is 42.0 Å². The standard InChI is InChI=1S/C24H23F3N2O4/c1-2-6-17-20(10-9-18-22(17)33-28-23(18)24(25,26)27)32-12-5-11-29-14-15(13-21(30)31)16-7-3-4-8-19(16)29/h3-4,7-10,14H,2,5-6,11-13H2,1H3,(H,30,31). The molecule has 0 saturated carbocycles. The highest BCUT2D eigenvalue weighted by Gasteiger charge is 2.37. The Morgan fingerprint density at radius 1 is 1.18 bits per heavy atom. The summed E-state index contributed by atoms with van der Waals surface area (Å²) in [7, 11) is 0. The largest absolute Gasteiger partial charge is 0.493 e. The molecule has 0 amide bonds. The van der Waals surface area contributed by atoms with Crippen LogP contribution in [0.1, 0.15) is 36.6 Å². The van der Waals surface area contributed by atoms with Gasteiger partial charge in [-0.15, -0.1) is 0 Å². The Hall–Kier alpha value is -3.49. The quantitative estimate of drug-likeness (QED) is 0.317. The first-order valence-corrected chi connectivity index (χ1v) is 10.7. The van der Waals surface area contributed by atoms with Crippen molar-refractivity contribution in [1.29, 1.82) is 0 Å². The first kappa shape index (κ1) is 22.7. The van der Waals surface area contributed by atoms with Crippen LogP contribution in [0.5, 0.6) is 5.75 Å². The number of carbonyl (C=O) groups is 1. The molecule has 9 heteroatoms. The van der Waals surface area contributed by atoms with Crippen LogP contribution in [0.15, 0.2) is 47.1 Å². The Balaban J connectivity index is 1.50. The van der Waals surface area contributed by atoms with Crippen molar-refractivity contribution in [3.63, 3.8) is 0 Å². The number of hydrogen-bond acceptors (Lipinski definition) is 4. The maximum Gasteiger partial charge on any atom is 0.437 e. The molecule has 2 aromatic heterocycles. The lowest BCUT2D eigenvalue weighted by molar-refractivity contribution is -0.141. The maximum atomic E-state index is 13.2. The van der Waals surface area contributed by atoms with Crippen molar-refractivity contribution in [1.82, 2.24) is 9.72 Å². The Morgan fingerprint density at radius 2 is 1.97 bits per heavy atom. The van der Waals surface area contributed by atoms with Crippen molar-refractivity contribution in [2.75, 3.05) is 6.61 Å². The minimum Gasteiger partial charge on any atom is -0.493 e. The summed E-state index contributed by atoms with van der Waals surface area (Å²) in [6.07, 6.45) is -0.962.